The fourth-order valence-corrected chi connectivity index (χ4v) is 1.75. The molecule has 1 aromatic carbocycles. The molecule has 10 heteroatoms. The Morgan fingerprint density at radius 2 is 2.21 bits per heavy atom. The number of nitrogens with one attached hydrogen (secondary N) is 1. The molecule has 0 saturated carbocycles. The minimum Gasteiger partial charge on any atom is -0.504 e. The number of aromatic hydroxyl groups is 1. The molecule has 0 bridgehead atoms. The molecule has 2 N–H and O–H groups in total. The van der Waals surface area contributed by atoms with E-state index in [2.05, 4.69) is 15.6 Å². The highest BCUT2D eigenvalue weighted by Crippen LogP contribution is 2.27. The largest absolute Gasteiger partial charge is 0.504 e. The summed E-state index contributed by atoms with van der Waals surface area (Å²) in [4.78, 5) is 11.6. The zero-order valence-electron chi connectivity index (χ0n) is 12.4. The number of carbonyl (C=O) groups excluding carboxylic acids is 1. The number of phenols is 1. The minimum absolute atomic E-state index is 0.0935. The maximum Gasteiger partial charge on any atom is 0.435 e. The lowest BCUT2D eigenvalue weighted by Crippen LogP contribution is -2.23. The molecule has 0 aliphatic carbocycles. The maximum absolute atomic E-state index is 12.4. The second-order valence-electron chi connectivity index (χ2n) is 4.62. The fourth-order valence-electron chi connectivity index (χ4n) is 1.75. The van der Waals surface area contributed by atoms with Crippen molar-refractivity contribution in [2.45, 2.75) is 12.7 Å². The number of halogens is 3. The van der Waals surface area contributed by atoms with Crippen molar-refractivity contribution in [3.63, 3.8) is 0 Å². The summed E-state index contributed by atoms with van der Waals surface area (Å²) in [6, 6.07) is 5.26. The van der Waals surface area contributed by atoms with E-state index in [0.717, 1.165) is 16.9 Å². The molecule has 0 spiro atoms. The first-order valence-corrected chi connectivity index (χ1v) is 6.59. The first-order chi connectivity index (χ1) is 11.3. The molecule has 1 aromatic heterocycles. The van der Waals surface area contributed by atoms with E-state index in [0.29, 0.717) is 5.56 Å². The average molecular weight is 342 g/mol. The Balaban J connectivity index is 1.91. The van der Waals surface area contributed by atoms with Gasteiger partial charge in [0.15, 0.2) is 17.2 Å². The van der Waals surface area contributed by atoms with Gasteiger partial charge in [-0.25, -0.2) is 5.43 Å². The van der Waals surface area contributed by atoms with Gasteiger partial charge in [-0.2, -0.15) is 23.4 Å². The molecule has 7 nitrogen and oxygen atoms in total. The molecular formula is C14H13F3N4O3. The molecular weight excluding hydrogens is 329 g/mol. The Morgan fingerprint density at radius 3 is 2.79 bits per heavy atom. The molecule has 0 atom stereocenters. The number of hydrazone groups is 1. The van der Waals surface area contributed by atoms with Crippen molar-refractivity contribution in [3.8, 4) is 11.5 Å². The van der Waals surface area contributed by atoms with E-state index in [4.69, 9.17) is 4.74 Å². The number of phenolic OH excluding ortho intramolecular Hbond substituents is 1. The number of alkyl halides is 3. The molecule has 1 heterocycles. The predicted octanol–water partition coefficient (Wildman–Crippen LogP) is 1.77. The van der Waals surface area contributed by atoms with Gasteiger partial charge in [0, 0.05) is 6.20 Å². The van der Waals surface area contributed by atoms with Gasteiger partial charge in [0.05, 0.1) is 13.3 Å². The van der Waals surface area contributed by atoms with E-state index in [1.54, 1.807) is 6.07 Å². The van der Waals surface area contributed by atoms with Gasteiger partial charge in [0.25, 0.3) is 5.91 Å². The summed E-state index contributed by atoms with van der Waals surface area (Å²) in [5.74, 6) is -0.458. The normalized spacial score (nSPS) is 11.7. The molecule has 0 aliphatic heterocycles. The number of aromatic nitrogens is 2. The zero-order chi connectivity index (χ0) is 17.7. The standard InChI is InChI=1S/C14H13F3N4O3/c1-24-11-3-2-9(6-10(11)22)7-18-19-13(23)8-21-5-4-12(20-21)14(15,16)17/h2-7,22H,8H2,1H3,(H,19,23)/b18-7-. The number of benzene rings is 1. The van der Waals surface area contributed by atoms with E-state index >= 15 is 0 Å². The lowest BCUT2D eigenvalue weighted by atomic mass is 10.2. The number of amides is 1. The van der Waals surface area contributed by atoms with E-state index < -0.39 is 24.3 Å². The van der Waals surface area contributed by atoms with Crippen molar-refractivity contribution in [2.24, 2.45) is 5.10 Å². The van der Waals surface area contributed by atoms with E-state index in [9.17, 15) is 23.1 Å². The number of hydrogen-bond acceptors (Lipinski definition) is 5. The van der Waals surface area contributed by atoms with Gasteiger partial charge < -0.3 is 9.84 Å². The number of methoxy groups -OCH3 is 1. The lowest BCUT2D eigenvalue weighted by molar-refractivity contribution is -0.141. The second kappa shape index (κ2) is 7.02. The molecule has 1 amide bonds. The number of hydrogen-bond donors (Lipinski definition) is 2. The monoisotopic (exact) mass is 342 g/mol. The Bertz CT molecular complexity index is 756. The second-order valence-corrected chi connectivity index (χ2v) is 4.62. The number of carbonyl (C=O) groups is 1. The molecule has 2 rings (SSSR count). The average Bonchev–Trinajstić information content (AvgIpc) is 2.96. The van der Waals surface area contributed by atoms with Crippen LogP contribution in [0.4, 0.5) is 13.2 Å². The fraction of sp³-hybridized carbons (Fsp3) is 0.214. The Hall–Kier alpha value is -3.04. The third kappa shape index (κ3) is 4.48. The van der Waals surface area contributed by atoms with Crippen LogP contribution in [0.15, 0.2) is 35.6 Å². The molecule has 0 fully saturated rings. The van der Waals surface area contributed by atoms with Gasteiger partial charge in [-0.1, -0.05) is 0 Å². The quantitative estimate of drug-likeness (QED) is 0.640. The van der Waals surface area contributed by atoms with Gasteiger partial charge in [0.2, 0.25) is 0 Å². The summed E-state index contributed by atoms with van der Waals surface area (Å²) in [5.41, 5.74) is 1.57. The number of ether oxygens (including phenoxy) is 1. The topological polar surface area (TPSA) is 88.7 Å². The summed E-state index contributed by atoms with van der Waals surface area (Å²) in [5, 5.41) is 16.5. The Labute approximate surface area is 134 Å². The summed E-state index contributed by atoms with van der Waals surface area (Å²) in [7, 11) is 1.41. The van der Waals surface area contributed by atoms with Crippen LogP contribution in [-0.4, -0.2) is 34.1 Å². The van der Waals surface area contributed by atoms with Gasteiger partial charge in [-0.3, -0.25) is 9.48 Å². The first kappa shape index (κ1) is 17.3. The van der Waals surface area contributed by atoms with Crippen LogP contribution in [-0.2, 0) is 17.5 Å². The van der Waals surface area contributed by atoms with Crippen LogP contribution in [0.2, 0.25) is 0 Å². The van der Waals surface area contributed by atoms with Gasteiger partial charge in [0.1, 0.15) is 6.54 Å². The smallest absolute Gasteiger partial charge is 0.435 e. The molecule has 0 saturated heterocycles. The van der Waals surface area contributed by atoms with Crippen molar-refractivity contribution < 1.29 is 27.8 Å². The summed E-state index contributed by atoms with van der Waals surface area (Å²) >= 11 is 0. The van der Waals surface area contributed by atoms with Crippen molar-refractivity contribution in [1.29, 1.82) is 0 Å². The van der Waals surface area contributed by atoms with E-state index in [1.165, 1.54) is 25.5 Å². The Morgan fingerprint density at radius 1 is 1.46 bits per heavy atom. The Kier molecular flexibility index (Phi) is 5.07. The van der Waals surface area contributed by atoms with Crippen LogP contribution >= 0.6 is 0 Å². The van der Waals surface area contributed by atoms with Crippen LogP contribution in [0.3, 0.4) is 0 Å². The zero-order valence-corrected chi connectivity index (χ0v) is 12.4. The van der Waals surface area contributed by atoms with Crippen molar-refractivity contribution in [1.82, 2.24) is 15.2 Å². The molecule has 0 unspecified atom stereocenters. The van der Waals surface area contributed by atoms with Gasteiger partial charge >= 0.3 is 6.18 Å². The number of rotatable bonds is 5. The van der Waals surface area contributed by atoms with Crippen molar-refractivity contribution in [3.05, 3.63) is 41.7 Å². The highest BCUT2D eigenvalue weighted by atomic mass is 19.4. The lowest BCUT2D eigenvalue weighted by Gasteiger charge is -2.03. The third-order valence-electron chi connectivity index (χ3n) is 2.84. The number of nitrogens with zero attached hydrogens (tertiary/aromatic N) is 3. The highest BCUT2D eigenvalue weighted by molar-refractivity contribution is 5.83. The van der Waals surface area contributed by atoms with Crippen molar-refractivity contribution in [2.75, 3.05) is 7.11 Å². The van der Waals surface area contributed by atoms with Crippen LogP contribution in [0.25, 0.3) is 0 Å². The van der Waals surface area contributed by atoms with Crippen LogP contribution < -0.4 is 10.2 Å². The maximum atomic E-state index is 12.4. The summed E-state index contributed by atoms with van der Waals surface area (Å²) in [6.45, 7) is -0.415. The predicted molar refractivity (Wildman–Crippen MR) is 77.6 cm³/mol. The summed E-state index contributed by atoms with van der Waals surface area (Å²) < 4.78 is 42.9. The van der Waals surface area contributed by atoms with Gasteiger partial charge in [-0.15, -0.1) is 0 Å². The summed E-state index contributed by atoms with van der Waals surface area (Å²) in [6.07, 6.45) is -2.24. The highest BCUT2D eigenvalue weighted by Gasteiger charge is 2.33. The molecule has 24 heavy (non-hydrogen) atoms. The van der Waals surface area contributed by atoms with Crippen molar-refractivity contribution >= 4 is 12.1 Å². The first-order valence-electron chi connectivity index (χ1n) is 6.59. The SMILES string of the molecule is COc1ccc(/C=N\NC(=O)Cn2ccc(C(F)(F)F)n2)cc1O. The van der Waals surface area contributed by atoms with Crippen LogP contribution in [0, 0.1) is 0 Å². The molecule has 0 radical (unpaired) electrons. The van der Waals surface area contributed by atoms with Crippen LogP contribution in [0.5, 0.6) is 11.5 Å². The van der Waals surface area contributed by atoms with E-state index in [-0.39, 0.29) is 11.5 Å². The van der Waals surface area contributed by atoms with E-state index in [1.807, 2.05) is 0 Å². The van der Waals surface area contributed by atoms with Gasteiger partial charge in [-0.05, 0) is 29.8 Å². The van der Waals surface area contributed by atoms with Crippen LogP contribution in [0.1, 0.15) is 11.3 Å². The third-order valence-corrected chi connectivity index (χ3v) is 2.84. The molecule has 0 aliphatic rings. The minimum atomic E-state index is -4.56. The molecule has 128 valence electrons. The molecule has 2 aromatic rings.